The van der Waals surface area contributed by atoms with Gasteiger partial charge in [0.2, 0.25) is 0 Å². The van der Waals surface area contributed by atoms with E-state index >= 15 is 0 Å². The summed E-state index contributed by atoms with van der Waals surface area (Å²) >= 11 is 2.27. The van der Waals surface area contributed by atoms with Crippen LogP contribution in [0.2, 0.25) is 0 Å². The van der Waals surface area contributed by atoms with Crippen molar-refractivity contribution in [2.75, 3.05) is 19.7 Å². The predicted octanol–water partition coefficient (Wildman–Crippen LogP) is 1.60. The first-order valence-corrected chi connectivity index (χ1v) is 6.76. The van der Waals surface area contributed by atoms with Crippen molar-refractivity contribution < 1.29 is 4.74 Å². The average Bonchev–Trinajstić information content (AvgIpc) is 2.64. The molecule has 1 aromatic rings. The first-order valence-electron chi connectivity index (χ1n) is 5.69. The summed E-state index contributed by atoms with van der Waals surface area (Å²) in [5, 5.41) is 4.29. The summed E-state index contributed by atoms with van der Waals surface area (Å²) in [6.07, 6.45) is 4.20. The van der Waals surface area contributed by atoms with Gasteiger partial charge in [-0.2, -0.15) is 5.10 Å². The third-order valence-corrected chi connectivity index (χ3v) is 3.45. The first-order chi connectivity index (χ1) is 7.65. The Morgan fingerprint density at radius 3 is 3.06 bits per heavy atom. The zero-order chi connectivity index (χ0) is 11.5. The van der Waals surface area contributed by atoms with E-state index in [1.807, 2.05) is 10.9 Å². The lowest BCUT2D eigenvalue weighted by atomic mass is 10.2. The molecule has 0 N–H and O–H groups in total. The van der Waals surface area contributed by atoms with Crippen LogP contribution in [0.25, 0.3) is 0 Å². The van der Waals surface area contributed by atoms with E-state index in [0.29, 0.717) is 6.04 Å². The maximum atomic E-state index is 5.77. The van der Waals surface area contributed by atoms with Crippen molar-refractivity contribution in [2.45, 2.75) is 32.5 Å². The van der Waals surface area contributed by atoms with E-state index in [9.17, 15) is 0 Å². The largest absolute Gasteiger partial charge is 0.374 e. The molecule has 90 valence electrons. The molecule has 1 atom stereocenters. The molecule has 2 heterocycles. The van der Waals surface area contributed by atoms with E-state index in [-0.39, 0.29) is 6.10 Å². The second kappa shape index (κ2) is 5.46. The van der Waals surface area contributed by atoms with Crippen molar-refractivity contribution in [2.24, 2.45) is 0 Å². The van der Waals surface area contributed by atoms with E-state index in [1.54, 1.807) is 0 Å². The Balaban J connectivity index is 1.90. The third-order valence-electron chi connectivity index (χ3n) is 2.89. The van der Waals surface area contributed by atoms with Crippen molar-refractivity contribution in [1.29, 1.82) is 0 Å². The van der Waals surface area contributed by atoms with Crippen LogP contribution in [0, 0.1) is 3.57 Å². The van der Waals surface area contributed by atoms with Gasteiger partial charge < -0.3 is 4.74 Å². The van der Waals surface area contributed by atoms with Gasteiger partial charge in [0.25, 0.3) is 0 Å². The number of morpholine rings is 1. The van der Waals surface area contributed by atoms with Crippen molar-refractivity contribution in [3.05, 3.63) is 16.0 Å². The Labute approximate surface area is 110 Å². The molecule has 0 amide bonds. The fourth-order valence-electron chi connectivity index (χ4n) is 1.97. The smallest absolute Gasteiger partial charge is 0.0898 e. The number of aromatic nitrogens is 2. The molecule has 1 saturated heterocycles. The highest BCUT2D eigenvalue weighted by Gasteiger charge is 2.22. The van der Waals surface area contributed by atoms with Gasteiger partial charge in [0.15, 0.2) is 0 Å². The van der Waals surface area contributed by atoms with Crippen LogP contribution in [0.15, 0.2) is 12.4 Å². The molecule has 2 rings (SSSR count). The lowest BCUT2D eigenvalue weighted by molar-refractivity contribution is -0.0469. The van der Waals surface area contributed by atoms with Gasteiger partial charge in [-0.15, -0.1) is 0 Å². The molecule has 16 heavy (non-hydrogen) atoms. The highest BCUT2D eigenvalue weighted by atomic mass is 127. The summed E-state index contributed by atoms with van der Waals surface area (Å²) < 4.78 is 8.91. The Morgan fingerprint density at radius 1 is 1.62 bits per heavy atom. The third kappa shape index (κ3) is 3.18. The van der Waals surface area contributed by atoms with Crippen LogP contribution < -0.4 is 0 Å². The Hall–Kier alpha value is -0.140. The minimum Gasteiger partial charge on any atom is -0.374 e. The number of hydrogen-bond acceptors (Lipinski definition) is 3. The Morgan fingerprint density at radius 2 is 2.44 bits per heavy atom. The van der Waals surface area contributed by atoms with Gasteiger partial charge in [0.05, 0.1) is 29.0 Å². The van der Waals surface area contributed by atoms with E-state index in [2.05, 4.69) is 52.6 Å². The summed E-state index contributed by atoms with van der Waals surface area (Å²) in [5.41, 5.74) is 0. The fraction of sp³-hybridized carbons (Fsp3) is 0.727. The molecule has 0 spiro atoms. The van der Waals surface area contributed by atoms with Crippen LogP contribution in [0.4, 0.5) is 0 Å². The molecule has 0 aliphatic carbocycles. The summed E-state index contributed by atoms with van der Waals surface area (Å²) in [6.45, 7) is 8.21. The molecule has 1 fully saturated rings. The van der Waals surface area contributed by atoms with Gasteiger partial charge in [-0.05, 0) is 36.4 Å². The quantitative estimate of drug-likeness (QED) is 0.786. The van der Waals surface area contributed by atoms with E-state index in [1.165, 1.54) is 3.57 Å². The van der Waals surface area contributed by atoms with Gasteiger partial charge in [0, 0.05) is 25.3 Å². The maximum Gasteiger partial charge on any atom is 0.0898 e. The fourth-order valence-corrected chi connectivity index (χ4v) is 2.41. The second-order valence-electron chi connectivity index (χ2n) is 4.46. The lowest BCUT2D eigenvalue weighted by Gasteiger charge is -2.35. The number of rotatable bonds is 3. The molecule has 1 unspecified atom stereocenters. The molecule has 1 aromatic heterocycles. The zero-order valence-electron chi connectivity index (χ0n) is 9.77. The molecule has 4 nitrogen and oxygen atoms in total. The standard InChI is InChI=1S/C11H18IN3O/c1-9(2)14-3-4-16-11(7-14)8-15-6-10(12)5-13-15/h5-6,9,11H,3-4,7-8H2,1-2H3. The van der Waals surface area contributed by atoms with Gasteiger partial charge in [-0.3, -0.25) is 9.58 Å². The summed E-state index contributed by atoms with van der Waals surface area (Å²) in [4.78, 5) is 2.46. The molecular weight excluding hydrogens is 317 g/mol. The van der Waals surface area contributed by atoms with Crippen molar-refractivity contribution in [1.82, 2.24) is 14.7 Å². The maximum absolute atomic E-state index is 5.77. The van der Waals surface area contributed by atoms with E-state index < -0.39 is 0 Å². The summed E-state index contributed by atoms with van der Waals surface area (Å²) in [6, 6.07) is 0.601. The van der Waals surface area contributed by atoms with Crippen LogP contribution in [-0.2, 0) is 11.3 Å². The van der Waals surface area contributed by atoms with E-state index in [4.69, 9.17) is 4.74 Å². The predicted molar refractivity (Wildman–Crippen MR) is 71.4 cm³/mol. The van der Waals surface area contributed by atoms with Gasteiger partial charge in [0.1, 0.15) is 0 Å². The van der Waals surface area contributed by atoms with Gasteiger partial charge in [-0.1, -0.05) is 0 Å². The van der Waals surface area contributed by atoms with Gasteiger partial charge >= 0.3 is 0 Å². The monoisotopic (exact) mass is 335 g/mol. The molecule has 5 heteroatoms. The first kappa shape index (κ1) is 12.3. The number of nitrogens with zero attached hydrogens (tertiary/aromatic N) is 3. The van der Waals surface area contributed by atoms with Gasteiger partial charge in [-0.25, -0.2) is 0 Å². The second-order valence-corrected chi connectivity index (χ2v) is 5.71. The molecule has 0 saturated carbocycles. The minimum atomic E-state index is 0.270. The highest BCUT2D eigenvalue weighted by Crippen LogP contribution is 2.11. The van der Waals surface area contributed by atoms with Crippen molar-refractivity contribution in [3.8, 4) is 0 Å². The summed E-state index contributed by atoms with van der Waals surface area (Å²) in [5.74, 6) is 0. The Bertz CT molecular complexity index is 340. The zero-order valence-corrected chi connectivity index (χ0v) is 11.9. The van der Waals surface area contributed by atoms with Crippen LogP contribution in [0.5, 0.6) is 0 Å². The van der Waals surface area contributed by atoms with Crippen LogP contribution in [0.3, 0.4) is 0 Å². The number of halogens is 1. The van der Waals surface area contributed by atoms with Crippen molar-refractivity contribution >= 4 is 22.6 Å². The highest BCUT2D eigenvalue weighted by molar-refractivity contribution is 14.1. The lowest BCUT2D eigenvalue weighted by Crippen LogP contribution is -2.47. The SMILES string of the molecule is CC(C)N1CCOC(Cn2cc(I)cn2)C1. The molecule has 1 aliphatic rings. The average molecular weight is 335 g/mol. The van der Waals surface area contributed by atoms with Crippen LogP contribution in [-0.4, -0.2) is 46.5 Å². The van der Waals surface area contributed by atoms with E-state index in [0.717, 1.165) is 26.2 Å². The molecule has 0 bridgehead atoms. The topological polar surface area (TPSA) is 30.3 Å². The molecule has 0 aromatic carbocycles. The number of ether oxygens (including phenoxy) is 1. The molecule has 0 radical (unpaired) electrons. The molecule has 1 aliphatic heterocycles. The van der Waals surface area contributed by atoms with Crippen molar-refractivity contribution in [3.63, 3.8) is 0 Å². The number of hydrogen-bond donors (Lipinski definition) is 0. The van der Waals surface area contributed by atoms with Crippen LogP contribution >= 0.6 is 22.6 Å². The molecular formula is C11H18IN3O. The summed E-state index contributed by atoms with van der Waals surface area (Å²) in [7, 11) is 0. The van der Waals surface area contributed by atoms with Crippen LogP contribution in [0.1, 0.15) is 13.8 Å². The Kier molecular flexibility index (Phi) is 4.21. The normalized spacial score (nSPS) is 22.9. The minimum absolute atomic E-state index is 0.270.